The molecule has 1 radical (unpaired) electrons. The lowest BCUT2D eigenvalue weighted by Crippen LogP contribution is -2.30. The zero-order chi connectivity index (χ0) is 12.3. The minimum Gasteiger partial charge on any atom is -0.302 e. The van der Waals surface area contributed by atoms with Crippen LogP contribution in [-0.4, -0.2) is 19.0 Å². The molecule has 0 bridgehead atoms. The van der Waals surface area contributed by atoms with Crippen molar-refractivity contribution in [1.82, 2.24) is 4.90 Å². The van der Waals surface area contributed by atoms with Crippen molar-refractivity contribution in [3.63, 3.8) is 0 Å². The van der Waals surface area contributed by atoms with Gasteiger partial charge in [-0.15, -0.1) is 0 Å². The second kappa shape index (κ2) is 5.68. The molecule has 0 aliphatic heterocycles. The first kappa shape index (κ1) is 12.6. The lowest BCUT2D eigenvalue weighted by molar-refractivity contribution is 0.158. The third-order valence-electron chi connectivity index (χ3n) is 4.04. The summed E-state index contributed by atoms with van der Waals surface area (Å²) in [5.41, 5.74) is 1.46. The van der Waals surface area contributed by atoms with Crippen LogP contribution in [0.3, 0.4) is 0 Å². The van der Waals surface area contributed by atoms with Crippen molar-refractivity contribution in [3.8, 4) is 0 Å². The van der Waals surface area contributed by atoms with Gasteiger partial charge < -0.3 is 4.90 Å². The average molecular weight is 230 g/mol. The molecule has 0 N–H and O–H groups in total. The molecule has 1 saturated carbocycles. The van der Waals surface area contributed by atoms with Crippen LogP contribution in [0.4, 0.5) is 0 Å². The van der Waals surface area contributed by atoms with Gasteiger partial charge >= 0.3 is 0 Å². The van der Waals surface area contributed by atoms with E-state index in [1.165, 1.54) is 31.2 Å². The highest BCUT2D eigenvalue weighted by atomic mass is 15.1. The summed E-state index contributed by atoms with van der Waals surface area (Å²) in [7, 11) is 4.40. The summed E-state index contributed by atoms with van der Waals surface area (Å²) in [5, 5.41) is 0. The van der Waals surface area contributed by atoms with Crippen LogP contribution in [0.1, 0.15) is 37.3 Å². The van der Waals surface area contributed by atoms with E-state index in [1.54, 1.807) is 0 Å². The monoisotopic (exact) mass is 230 g/mol. The molecule has 93 valence electrons. The second-order valence-corrected chi connectivity index (χ2v) is 5.60. The highest BCUT2D eigenvalue weighted by molar-refractivity contribution is 5.20. The van der Waals surface area contributed by atoms with Crippen molar-refractivity contribution in [2.24, 2.45) is 11.8 Å². The number of hydrogen-bond donors (Lipinski definition) is 0. The van der Waals surface area contributed by atoms with E-state index in [0.29, 0.717) is 12.0 Å². The maximum absolute atomic E-state index is 4.20. The summed E-state index contributed by atoms with van der Waals surface area (Å²) < 4.78 is 0. The van der Waals surface area contributed by atoms with Crippen LogP contribution in [0.2, 0.25) is 0 Å². The molecule has 0 amide bonds. The number of nitrogens with zero attached hydrogens (tertiary/aromatic N) is 1. The Morgan fingerprint density at radius 3 is 2.18 bits per heavy atom. The Hall–Kier alpha value is -0.820. The SMILES string of the molecule is [CH2]C1CCC(C(c2ccccc2)N(C)C)CC1. The Bertz CT molecular complexity index is 323. The van der Waals surface area contributed by atoms with E-state index >= 15 is 0 Å². The van der Waals surface area contributed by atoms with Gasteiger partial charge in [0.15, 0.2) is 0 Å². The molecule has 0 heterocycles. The second-order valence-electron chi connectivity index (χ2n) is 5.60. The predicted octanol–water partition coefficient (Wildman–Crippen LogP) is 3.93. The summed E-state index contributed by atoms with van der Waals surface area (Å²) >= 11 is 0. The van der Waals surface area contributed by atoms with Gasteiger partial charge in [-0.25, -0.2) is 0 Å². The molecule has 1 heteroatoms. The van der Waals surface area contributed by atoms with Gasteiger partial charge in [0.25, 0.3) is 0 Å². The van der Waals surface area contributed by atoms with Crippen molar-refractivity contribution in [3.05, 3.63) is 42.8 Å². The van der Waals surface area contributed by atoms with Crippen molar-refractivity contribution in [2.75, 3.05) is 14.1 Å². The average Bonchev–Trinajstić information content (AvgIpc) is 2.33. The first-order valence-electron chi connectivity index (χ1n) is 6.73. The fraction of sp³-hybridized carbons (Fsp3) is 0.562. The Morgan fingerprint density at radius 1 is 1.06 bits per heavy atom. The van der Waals surface area contributed by atoms with Gasteiger partial charge in [-0.05, 0) is 44.3 Å². The summed E-state index contributed by atoms with van der Waals surface area (Å²) in [6, 6.07) is 11.5. The van der Waals surface area contributed by atoms with Crippen molar-refractivity contribution >= 4 is 0 Å². The summed E-state index contributed by atoms with van der Waals surface area (Å²) in [5.74, 6) is 1.48. The van der Waals surface area contributed by atoms with Crippen LogP contribution in [0.5, 0.6) is 0 Å². The minimum absolute atomic E-state index is 0.573. The van der Waals surface area contributed by atoms with Gasteiger partial charge in [-0.3, -0.25) is 0 Å². The molecule has 0 saturated heterocycles. The maximum Gasteiger partial charge on any atom is 0.0370 e. The van der Waals surface area contributed by atoms with Crippen LogP contribution in [0.25, 0.3) is 0 Å². The van der Waals surface area contributed by atoms with E-state index in [9.17, 15) is 0 Å². The minimum atomic E-state index is 0.573. The molecule has 1 aromatic rings. The molecular formula is C16H24N. The van der Waals surface area contributed by atoms with E-state index in [4.69, 9.17) is 0 Å². The third kappa shape index (κ3) is 3.10. The fourth-order valence-corrected chi connectivity index (χ4v) is 3.15. The Kier molecular flexibility index (Phi) is 4.22. The topological polar surface area (TPSA) is 3.24 Å². The quantitative estimate of drug-likeness (QED) is 0.760. The normalized spacial score (nSPS) is 27.1. The van der Waals surface area contributed by atoms with Gasteiger partial charge in [0.1, 0.15) is 0 Å². The molecule has 1 unspecified atom stereocenters. The number of hydrogen-bond acceptors (Lipinski definition) is 1. The maximum atomic E-state index is 4.20. The number of rotatable bonds is 3. The van der Waals surface area contributed by atoms with Crippen LogP contribution >= 0.6 is 0 Å². The van der Waals surface area contributed by atoms with E-state index in [-0.39, 0.29) is 0 Å². The molecule has 1 aromatic carbocycles. The highest BCUT2D eigenvalue weighted by Gasteiger charge is 2.28. The van der Waals surface area contributed by atoms with Crippen LogP contribution in [0.15, 0.2) is 30.3 Å². The smallest absolute Gasteiger partial charge is 0.0370 e. The van der Waals surface area contributed by atoms with Gasteiger partial charge in [0.05, 0.1) is 0 Å². The van der Waals surface area contributed by atoms with Crippen molar-refractivity contribution in [2.45, 2.75) is 31.7 Å². The Balaban J connectivity index is 2.13. The molecule has 2 rings (SSSR count). The largest absolute Gasteiger partial charge is 0.302 e. The van der Waals surface area contributed by atoms with Gasteiger partial charge in [0, 0.05) is 6.04 Å². The standard InChI is InChI=1S/C16H24N/c1-13-9-11-15(12-10-13)16(17(2)3)14-7-5-4-6-8-14/h4-8,13,15-16H,1,9-12H2,2-3H3. The van der Waals surface area contributed by atoms with E-state index < -0.39 is 0 Å². The third-order valence-corrected chi connectivity index (χ3v) is 4.04. The summed E-state index contributed by atoms with van der Waals surface area (Å²) in [6.07, 6.45) is 5.24. The van der Waals surface area contributed by atoms with Crippen LogP contribution in [0, 0.1) is 18.8 Å². The van der Waals surface area contributed by atoms with E-state index in [2.05, 4.69) is 56.3 Å². The molecule has 0 spiro atoms. The Morgan fingerprint density at radius 2 is 1.65 bits per heavy atom. The zero-order valence-electron chi connectivity index (χ0n) is 11.1. The molecule has 1 nitrogen and oxygen atoms in total. The van der Waals surface area contributed by atoms with Gasteiger partial charge in [-0.1, -0.05) is 50.1 Å². The molecule has 1 aliphatic carbocycles. The van der Waals surface area contributed by atoms with Gasteiger partial charge in [-0.2, -0.15) is 0 Å². The molecular weight excluding hydrogens is 206 g/mol. The lowest BCUT2D eigenvalue weighted by atomic mass is 9.77. The van der Waals surface area contributed by atoms with Gasteiger partial charge in [0.2, 0.25) is 0 Å². The molecule has 1 aliphatic rings. The predicted molar refractivity (Wildman–Crippen MR) is 73.7 cm³/mol. The highest BCUT2D eigenvalue weighted by Crippen LogP contribution is 2.38. The Labute approximate surface area is 106 Å². The molecule has 1 fully saturated rings. The first-order chi connectivity index (χ1) is 8.18. The van der Waals surface area contributed by atoms with Crippen molar-refractivity contribution < 1.29 is 0 Å². The molecule has 1 atom stereocenters. The molecule has 17 heavy (non-hydrogen) atoms. The van der Waals surface area contributed by atoms with E-state index in [1.807, 2.05) is 0 Å². The van der Waals surface area contributed by atoms with E-state index in [0.717, 1.165) is 5.92 Å². The van der Waals surface area contributed by atoms with Crippen LogP contribution in [-0.2, 0) is 0 Å². The summed E-state index contributed by atoms with van der Waals surface area (Å²) in [4.78, 5) is 2.38. The summed E-state index contributed by atoms with van der Waals surface area (Å²) in [6.45, 7) is 4.20. The number of benzene rings is 1. The zero-order valence-corrected chi connectivity index (χ0v) is 11.1. The fourth-order valence-electron chi connectivity index (χ4n) is 3.15. The van der Waals surface area contributed by atoms with Crippen molar-refractivity contribution in [1.29, 1.82) is 0 Å². The first-order valence-corrected chi connectivity index (χ1v) is 6.73. The molecule has 0 aromatic heterocycles. The van der Waals surface area contributed by atoms with Crippen LogP contribution < -0.4 is 0 Å². The lowest BCUT2D eigenvalue weighted by Gasteiger charge is -2.36.